The Labute approximate surface area is 71.0 Å². The van der Waals surface area contributed by atoms with Gasteiger partial charge in [0.2, 0.25) is 4.38 Å². The number of thioether (sulfide) groups is 1. The van der Waals surface area contributed by atoms with E-state index in [1.807, 2.05) is 13.8 Å². The summed E-state index contributed by atoms with van der Waals surface area (Å²) in [5.41, 5.74) is -0.418. The zero-order valence-electron chi connectivity index (χ0n) is 6.16. The van der Waals surface area contributed by atoms with E-state index < -0.39 is 5.44 Å². The lowest BCUT2D eigenvalue weighted by atomic mass is 10.5. The van der Waals surface area contributed by atoms with Crippen molar-refractivity contribution in [3.05, 3.63) is 0 Å². The molecule has 0 amide bonds. The predicted molar refractivity (Wildman–Crippen MR) is 48.1 cm³/mol. The van der Waals surface area contributed by atoms with Crippen LogP contribution in [0.25, 0.3) is 0 Å². The van der Waals surface area contributed by atoms with Gasteiger partial charge in [-0.25, -0.2) is 0 Å². The molecule has 4 heteroatoms. The molecule has 0 aromatic rings. The maximum absolute atomic E-state index is 9.05. The second-order valence-corrected chi connectivity index (χ2v) is 3.44. The quantitative estimate of drug-likeness (QED) is 0.529. The predicted octanol–water partition coefficient (Wildman–Crippen LogP) is 1.77. The van der Waals surface area contributed by atoms with Crippen LogP contribution in [0.5, 0.6) is 0 Å². The Kier molecular flexibility index (Phi) is 6.06. The lowest BCUT2D eigenvalue weighted by Gasteiger charge is -2.07. The van der Waals surface area contributed by atoms with Crippen molar-refractivity contribution < 1.29 is 9.84 Å². The van der Waals surface area contributed by atoms with E-state index in [9.17, 15) is 0 Å². The summed E-state index contributed by atoms with van der Waals surface area (Å²) in [6, 6.07) is 0. The van der Waals surface area contributed by atoms with E-state index in [1.54, 1.807) is 0 Å². The van der Waals surface area contributed by atoms with Crippen molar-refractivity contribution >= 4 is 28.4 Å². The third-order valence-electron chi connectivity index (χ3n) is 0.844. The number of ether oxygens (including phenoxy) is 1. The number of aliphatic hydroxyl groups is 1. The average Bonchev–Trinajstić information content (AvgIpc) is 1.88. The molecule has 1 unspecified atom stereocenters. The lowest BCUT2D eigenvalue weighted by molar-refractivity contribution is 0.259. The third kappa shape index (κ3) is 5.02. The average molecular weight is 180 g/mol. The van der Waals surface area contributed by atoms with Crippen LogP contribution in [0, 0.1) is 0 Å². The SMILES string of the molecule is CCOC(=S)SC(O)CC. The maximum Gasteiger partial charge on any atom is 0.222 e. The van der Waals surface area contributed by atoms with Gasteiger partial charge in [-0.3, -0.25) is 0 Å². The fourth-order valence-corrected chi connectivity index (χ4v) is 1.37. The van der Waals surface area contributed by atoms with Crippen LogP contribution in [0.3, 0.4) is 0 Å². The van der Waals surface area contributed by atoms with Crippen LogP contribution in [-0.4, -0.2) is 21.5 Å². The van der Waals surface area contributed by atoms with Gasteiger partial charge in [-0.15, -0.1) is 0 Å². The van der Waals surface area contributed by atoms with Gasteiger partial charge in [-0.1, -0.05) is 6.92 Å². The first-order valence-electron chi connectivity index (χ1n) is 3.22. The van der Waals surface area contributed by atoms with Crippen molar-refractivity contribution in [1.82, 2.24) is 0 Å². The van der Waals surface area contributed by atoms with Crippen LogP contribution in [0.2, 0.25) is 0 Å². The van der Waals surface area contributed by atoms with Crippen LogP contribution < -0.4 is 0 Å². The first kappa shape index (κ1) is 10.2. The fraction of sp³-hybridized carbons (Fsp3) is 0.833. The van der Waals surface area contributed by atoms with E-state index in [0.29, 0.717) is 17.4 Å². The Hall–Kier alpha value is 0.200. The number of rotatable bonds is 3. The molecule has 0 rings (SSSR count). The largest absolute Gasteiger partial charge is 0.479 e. The Balaban J connectivity index is 3.37. The van der Waals surface area contributed by atoms with Gasteiger partial charge < -0.3 is 9.84 Å². The van der Waals surface area contributed by atoms with Gasteiger partial charge in [-0.2, -0.15) is 0 Å². The number of hydrogen-bond donors (Lipinski definition) is 1. The highest BCUT2D eigenvalue weighted by Crippen LogP contribution is 2.14. The van der Waals surface area contributed by atoms with Gasteiger partial charge in [0, 0.05) is 0 Å². The zero-order chi connectivity index (χ0) is 7.98. The monoisotopic (exact) mass is 180 g/mol. The second kappa shape index (κ2) is 5.95. The van der Waals surface area contributed by atoms with Crippen molar-refractivity contribution in [2.75, 3.05) is 6.61 Å². The molecule has 0 saturated heterocycles. The summed E-state index contributed by atoms with van der Waals surface area (Å²) in [7, 11) is 0. The molecule has 0 aromatic heterocycles. The van der Waals surface area contributed by atoms with Crippen LogP contribution in [-0.2, 0) is 4.74 Å². The Bertz CT molecular complexity index is 106. The number of thiocarbonyl (C=S) groups is 1. The maximum atomic E-state index is 9.05. The fourth-order valence-electron chi connectivity index (χ4n) is 0.346. The highest BCUT2D eigenvalue weighted by molar-refractivity contribution is 8.22. The normalized spacial score (nSPS) is 12.7. The van der Waals surface area contributed by atoms with E-state index in [2.05, 4.69) is 0 Å². The van der Waals surface area contributed by atoms with Crippen molar-refractivity contribution in [3.8, 4) is 0 Å². The van der Waals surface area contributed by atoms with E-state index in [1.165, 1.54) is 11.8 Å². The summed E-state index contributed by atoms with van der Waals surface area (Å²) in [5, 5.41) is 9.05. The topological polar surface area (TPSA) is 29.5 Å². The van der Waals surface area contributed by atoms with Gasteiger partial charge in [0.15, 0.2) is 0 Å². The minimum Gasteiger partial charge on any atom is -0.479 e. The van der Waals surface area contributed by atoms with E-state index in [-0.39, 0.29) is 0 Å². The van der Waals surface area contributed by atoms with Gasteiger partial charge in [0.05, 0.1) is 6.61 Å². The summed E-state index contributed by atoms with van der Waals surface area (Å²) in [6.07, 6.45) is 0.692. The van der Waals surface area contributed by atoms with Crippen molar-refractivity contribution in [3.63, 3.8) is 0 Å². The zero-order valence-corrected chi connectivity index (χ0v) is 7.80. The minimum absolute atomic E-state index is 0.418. The molecule has 2 nitrogen and oxygen atoms in total. The Morgan fingerprint density at radius 3 is 2.70 bits per heavy atom. The summed E-state index contributed by atoms with van der Waals surface area (Å²) >= 11 is 5.97. The standard InChI is InChI=1S/C6H12O2S2/c1-3-5(7)10-6(9)8-4-2/h5,7H,3-4H2,1-2H3. The molecule has 1 atom stereocenters. The van der Waals surface area contributed by atoms with E-state index in [0.717, 1.165) is 0 Å². The summed E-state index contributed by atoms with van der Waals surface area (Å²) in [5.74, 6) is 0. The van der Waals surface area contributed by atoms with Crippen LogP contribution in [0.1, 0.15) is 20.3 Å². The highest BCUT2D eigenvalue weighted by Gasteiger charge is 2.05. The van der Waals surface area contributed by atoms with Gasteiger partial charge in [0.25, 0.3) is 0 Å². The highest BCUT2D eigenvalue weighted by atomic mass is 32.2. The smallest absolute Gasteiger partial charge is 0.222 e. The molecule has 10 heavy (non-hydrogen) atoms. The Morgan fingerprint density at radius 2 is 2.30 bits per heavy atom. The first-order valence-corrected chi connectivity index (χ1v) is 4.51. The van der Waals surface area contributed by atoms with Gasteiger partial charge in [-0.05, 0) is 37.3 Å². The molecule has 0 heterocycles. The second-order valence-electron chi connectivity index (χ2n) is 1.66. The summed E-state index contributed by atoms with van der Waals surface area (Å²) in [4.78, 5) is 0. The molecule has 0 aromatic carbocycles. The molecule has 60 valence electrons. The molecule has 0 saturated carbocycles. The van der Waals surface area contributed by atoms with Crippen molar-refractivity contribution in [2.24, 2.45) is 0 Å². The van der Waals surface area contributed by atoms with Crippen molar-refractivity contribution in [2.45, 2.75) is 25.7 Å². The van der Waals surface area contributed by atoms with Gasteiger partial charge >= 0.3 is 0 Å². The Morgan fingerprint density at radius 1 is 1.70 bits per heavy atom. The van der Waals surface area contributed by atoms with E-state index >= 15 is 0 Å². The molecule has 0 spiro atoms. The molecule has 0 bridgehead atoms. The number of hydrogen-bond acceptors (Lipinski definition) is 4. The molecule has 0 fully saturated rings. The molecular weight excluding hydrogens is 168 g/mol. The number of aliphatic hydroxyl groups excluding tert-OH is 1. The summed E-state index contributed by atoms with van der Waals surface area (Å²) in [6.45, 7) is 4.33. The van der Waals surface area contributed by atoms with Crippen LogP contribution in [0.4, 0.5) is 0 Å². The van der Waals surface area contributed by atoms with Crippen molar-refractivity contribution in [1.29, 1.82) is 0 Å². The molecule has 0 aliphatic heterocycles. The third-order valence-corrected chi connectivity index (χ3v) is 2.17. The van der Waals surface area contributed by atoms with Crippen LogP contribution >= 0.6 is 24.0 Å². The summed E-state index contributed by atoms with van der Waals surface area (Å²) < 4.78 is 5.38. The first-order chi connectivity index (χ1) is 4.70. The van der Waals surface area contributed by atoms with E-state index in [4.69, 9.17) is 22.1 Å². The molecule has 0 radical (unpaired) electrons. The molecular formula is C6H12O2S2. The van der Waals surface area contributed by atoms with Gasteiger partial charge in [0.1, 0.15) is 5.44 Å². The lowest BCUT2D eigenvalue weighted by Crippen LogP contribution is -2.05. The molecule has 0 aliphatic carbocycles. The minimum atomic E-state index is -0.418. The molecule has 1 N–H and O–H groups in total. The molecule has 0 aliphatic rings. The van der Waals surface area contributed by atoms with Crippen LogP contribution in [0.15, 0.2) is 0 Å².